The Morgan fingerprint density at radius 2 is 2.31 bits per heavy atom. The molecule has 1 aliphatic rings. The Balaban J connectivity index is 2.37. The van der Waals surface area contributed by atoms with E-state index in [-0.39, 0.29) is 12.3 Å². The Bertz CT molecular complexity index is 187. The van der Waals surface area contributed by atoms with E-state index in [2.05, 4.69) is 5.32 Å². The minimum atomic E-state index is -2.32. The van der Waals surface area contributed by atoms with E-state index in [1.165, 1.54) is 0 Å². The lowest BCUT2D eigenvalue weighted by atomic mass is 9.90. The van der Waals surface area contributed by atoms with Crippen LogP contribution in [-0.2, 0) is 4.79 Å². The zero-order valence-electron chi connectivity index (χ0n) is 7.17. The first-order valence-corrected chi connectivity index (χ1v) is 4.34. The molecule has 5 heteroatoms. The molecule has 76 valence electrons. The molecule has 0 aromatic heterocycles. The number of rotatable bonds is 3. The van der Waals surface area contributed by atoms with Gasteiger partial charge in [0, 0.05) is 6.42 Å². The van der Waals surface area contributed by atoms with Gasteiger partial charge in [-0.1, -0.05) is 0 Å². The molecule has 0 saturated carbocycles. The van der Waals surface area contributed by atoms with Gasteiger partial charge >= 0.3 is 5.97 Å². The van der Waals surface area contributed by atoms with E-state index < -0.39 is 18.4 Å². The number of carboxylic acids is 1. The summed E-state index contributed by atoms with van der Waals surface area (Å²) in [5, 5.41) is 11.4. The molecule has 1 fully saturated rings. The van der Waals surface area contributed by atoms with Gasteiger partial charge in [0.25, 0.3) is 0 Å². The zero-order valence-corrected chi connectivity index (χ0v) is 7.17. The maximum atomic E-state index is 12.0. The van der Waals surface area contributed by atoms with Gasteiger partial charge in [-0.05, 0) is 25.3 Å². The number of carbonyl (C=O) groups is 1. The Morgan fingerprint density at radius 3 is 2.85 bits per heavy atom. The number of hydrogen-bond acceptors (Lipinski definition) is 2. The molecule has 0 bridgehead atoms. The number of aliphatic carboxylic acids is 1. The highest BCUT2D eigenvalue weighted by atomic mass is 19.3. The fraction of sp³-hybridized carbons (Fsp3) is 0.875. The number of nitrogens with one attached hydrogen (secondary N) is 1. The molecule has 0 spiro atoms. The average Bonchev–Trinajstić information content (AvgIpc) is 2.03. The van der Waals surface area contributed by atoms with Crippen LogP contribution in [0.1, 0.15) is 19.3 Å². The van der Waals surface area contributed by atoms with Gasteiger partial charge in [0.05, 0.1) is 0 Å². The number of hydrogen-bond donors (Lipinski definition) is 2. The molecular formula is C8H13F2NO2. The second-order valence-electron chi connectivity index (χ2n) is 3.36. The fourth-order valence-corrected chi connectivity index (χ4v) is 1.65. The zero-order chi connectivity index (χ0) is 9.84. The van der Waals surface area contributed by atoms with Crippen LogP contribution in [0.4, 0.5) is 8.78 Å². The quantitative estimate of drug-likeness (QED) is 0.705. The van der Waals surface area contributed by atoms with Crippen LogP contribution in [0, 0.1) is 5.92 Å². The first-order valence-electron chi connectivity index (χ1n) is 4.34. The number of halogens is 2. The van der Waals surface area contributed by atoms with E-state index in [9.17, 15) is 13.6 Å². The van der Waals surface area contributed by atoms with Crippen LogP contribution in [0.25, 0.3) is 0 Å². The SMILES string of the molecule is O=C(O)C1CC(CC(F)F)CCN1. The highest BCUT2D eigenvalue weighted by molar-refractivity contribution is 5.73. The van der Waals surface area contributed by atoms with Crippen molar-refractivity contribution in [3.8, 4) is 0 Å². The summed E-state index contributed by atoms with van der Waals surface area (Å²) in [7, 11) is 0. The van der Waals surface area contributed by atoms with Gasteiger partial charge in [-0.2, -0.15) is 0 Å². The summed E-state index contributed by atoms with van der Waals surface area (Å²) in [6.07, 6.45) is -1.53. The highest BCUT2D eigenvalue weighted by Gasteiger charge is 2.27. The van der Waals surface area contributed by atoms with Crippen LogP contribution in [0.3, 0.4) is 0 Å². The van der Waals surface area contributed by atoms with E-state index in [1.54, 1.807) is 0 Å². The minimum Gasteiger partial charge on any atom is -0.480 e. The molecule has 1 heterocycles. The highest BCUT2D eigenvalue weighted by Crippen LogP contribution is 2.22. The largest absolute Gasteiger partial charge is 0.480 e. The van der Waals surface area contributed by atoms with E-state index in [1.807, 2.05) is 0 Å². The molecule has 1 rings (SSSR count). The fourth-order valence-electron chi connectivity index (χ4n) is 1.65. The molecule has 0 radical (unpaired) electrons. The molecule has 0 aromatic carbocycles. The normalized spacial score (nSPS) is 29.2. The lowest BCUT2D eigenvalue weighted by Crippen LogP contribution is -2.43. The molecule has 0 aromatic rings. The van der Waals surface area contributed by atoms with Gasteiger partial charge in [0.1, 0.15) is 6.04 Å². The van der Waals surface area contributed by atoms with E-state index in [0.717, 1.165) is 0 Å². The molecule has 2 atom stereocenters. The standard InChI is InChI=1S/C8H13F2NO2/c9-7(10)4-5-1-2-11-6(3-5)8(12)13/h5-7,11H,1-4H2,(H,12,13). The van der Waals surface area contributed by atoms with Gasteiger partial charge in [-0.3, -0.25) is 4.79 Å². The molecule has 1 aliphatic heterocycles. The van der Waals surface area contributed by atoms with E-state index in [0.29, 0.717) is 19.4 Å². The lowest BCUT2D eigenvalue weighted by Gasteiger charge is -2.27. The second kappa shape index (κ2) is 4.50. The van der Waals surface area contributed by atoms with Gasteiger partial charge < -0.3 is 10.4 Å². The summed E-state index contributed by atoms with van der Waals surface area (Å²) in [4.78, 5) is 10.5. The summed E-state index contributed by atoms with van der Waals surface area (Å²) in [5.74, 6) is -1.10. The van der Waals surface area contributed by atoms with Crippen molar-refractivity contribution in [2.24, 2.45) is 5.92 Å². The number of carboxylic acid groups (broad SMARTS) is 1. The predicted octanol–water partition coefficient (Wildman–Crippen LogP) is 1.09. The summed E-state index contributed by atoms with van der Waals surface area (Å²) >= 11 is 0. The minimum absolute atomic E-state index is 0.151. The van der Waals surface area contributed by atoms with Crippen molar-refractivity contribution >= 4 is 5.97 Å². The summed E-state index contributed by atoms with van der Waals surface area (Å²) in [6, 6.07) is -0.641. The Hall–Kier alpha value is -0.710. The van der Waals surface area contributed by atoms with Crippen LogP contribution in [-0.4, -0.2) is 30.1 Å². The molecule has 13 heavy (non-hydrogen) atoms. The van der Waals surface area contributed by atoms with Crippen LogP contribution >= 0.6 is 0 Å². The topological polar surface area (TPSA) is 49.3 Å². The van der Waals surface area contributed by atoms with Gasteiger partial charge in [-0.25, -0.2) is 8.78 Å². The smallest absolute Gasteiger partial charge is 0.320 e. The monoisotopic (exact) mass is 193 g/mol. The van der Waals surface area contributed by atoms with E-state index >= 15 is 0 Å². The molecule has 2 N–H and O–H groups in total. The Labute approximate surface area is 75.1 Å². The molecule has 0 amide bonds. The third-order valence-corrected chi connectivity index (χ3v) is 2.32. The second-order valence-corrected chi connectivity index (χ2v) is 3.36. The van der Waals surface area contributed by atoms with Gasteiger partial charge in [0.2, 0.25) is 6.43 Å². The molecule has 0 aliphatic carbocycles. The van der Waals surface area contributed by atoms with Crippen molar-refractivity contribution in [3.63, 3.8) is 0 Å². The maximum absolute atomic E-state index is 12.0. The summed E-state index contributed by atoms with van der Waals surface area (Å²) in [5.41, 5.74) is 0. The first-order chi connectivity index (χ1) is 6.09. The van der Waals surface area contributed by atoms with Crippen molar-refractivity contribution in [2.75, 3.05) is 6.54 Å². The average molecular weight is 193 g/mol. The number of piperidine rings is 1. The van der Waals surface area contributed by atoms with Gasteiger partial charge in [0.15, 0.2) is 0 Å². The maximum Gasteiger partial charge on any atom is 0.320 e. The van der Waals surface area contributed by atoms with Crippen molar-refractivity contribution in [1.29, 1.82) is 0 Å². The van der Waals surface area contributed by atoms with Crippen molar-refractivity contribution < 1.29 is 18.7 Å². The summed E-state index contributed by atoms with van der Waals surface area (Å²) in [6.45, 7) is 0.522. The van der Waals surface area contributed by atoms with Gasteiger partial charge in [-0.15, -0.1) is 0 Å². The van der Waals surface area contributed by atoms with E-state index in [4.69, 9.17) is 5.11 Å². The molecule has 1 saturated heterocycles. The lowest BCUT2D eigenvalue weighted by molar-refractivity contribution is -0.140. The predicted molar refractivity (Wildman–Crippen MR) is 42.8 cm³/mol. The van der Waals surface area contributed by atoms with Crippen LogP contribution in [0.5, 0.6) is 0 Å². The van der Waals surface area contributed by atoms with Crippen LogP contribution < -0.4 is 5.32 Å². The molecular weight excluding hydrogens is 180 g/mol. The third-order valence-electron chi connectivity index (χ3n) is 2.32. The third kappa shape index (κ3) is 3.26. The van der Waals surface area contributed by atoms with Crippen molar-refractivity contribution in [3.05, 3.63) is 0 Å². The van der Waals surface area contributed by atoms with Crippen LogP contribution in [0.15, 0.2) is 0 Å². The molecule has 3 nitrogen and oxygen atoms in total. The Morgan fingerprint density at radius 1 is 1.62 bits per heavy atom. The molecule has 2 unspecified atom stereocenters. The number of alkyl halides is 2. The summed E-state index contributed by atoms with van der Waals surface area (Å²) < 4.78 is 24.0. The Kier molecular flexibility index (Phi) is 3.59. The first kappa shape index (κ1) is 10.4. The van der Waals surface area contributed by atoms with Crippen LogP contribution in [0.2, 0.25) is 0 Å². The van der Waals surface area contributed by atoms with Crippen molar-refractivity contribution in [2.45, 2.75) is 31.7 Å². The van der Waals surface area contributed by atoms with Crippen molar-refractivity contribution in [1.82, 2.24) is 5.32 Å².